The topological polar surface area (TPSA) is 89.1 Å². The number of nitrogens with zero attached hydrogens (tertiary/aromatic N) is 6. The molecule has 1 aromatic rings. The van der Waals surface area contributed by atoms with Crippen molar-refractivity contribution in [2.24, 2.45) is 27.7 Å². The molecular formula is C30H39F2N7O. The van der Waals surface area contributed by atoms with E-state index >= 15 is 4.39 Å². The highest BCUT2D eigenvalue weighted by molar-refractivity contribution is 6.03. The fourth-order valence-corrected chi connectivity index (χ4v) is 5.31. The van der Waals surface area contributed by atoms with Gasteiger partial charge in [0.2, 0.25) is 6.23 Å². The smallest absolute Gasteiger partial charge is 0.213 e. The van der Waals surface area contributed by atoms with Crippen LogP contribution in [0.1, 0.15) is 40.5 Å². The van der Waals surface area contributed by atoms with Gasteiger partial charge >= 0.3 is 0 Å². The van der Waals surface area contributed by atoms with E-state index in [0.717, 1.165) is 56.4 Å². The van der Waals surface area contributed by atoms with Crippen molar-refractivity contribution in [1.82, 2.24) is 9.88 Å². The average Bonchev–Trinajstić information content (AvgIpc) is 2.95. The maximum absolute atomic E-state index is 15.8. The molecule has 214 valence electrons. The first-order valence-corrected chi connectivity index (χ1v) is 14.0. The number of anilines is 2. The molecule has 4 unspecified atom stereocenters. The number of halogens is 2. The number of aliphatic imine (C=N–C) groups is 2. The first kappa shape index (κ1) is 29.4. The van der Waals surface area contributed by atoms with Crippen LogP contribution >= 0.6 is 0 Å². The van der Waals surface area contributed by atoms with Crippen LogP contribution in [0, 0.1) is 29.1 Å². The van der Waals surface area contributed by atoms with Gasteiger partial charge in [0, 0.05) is 38.2 Å². The molecule has 1 aromatic heterocycles. The lowest BCUT2D eigenvalue weighted by Gasteiger charge is -2.33. The van der Waals surface area contributed by atoms with E-state index in [-0.39, 0.29) is 11.6 Å². The number of allylic oxidation sites excluding steroid dienone is 6. The Morgan fingerprint density at radius 3 is 2.60 bits per heavy atom. The number of hydrogen-bond donors (Lipinski definition) is 1. The Hall–Kier alpha value is -3.58. The van der Waals surface area contributed by atoms with Crippen LogP contribution in [0.5, 0.6) is 0 Å². The van der Waals surface area contributed by atoms with Gasteiger partial charge in [-0.25, -0.2) is 23.7 Å². The van der Waals surface area contributed by atoms with E-state index in [4.69, 9.17) is 4.74 Å². The minimum Gasteiger partial charge on any atom is -0.468 e. The van der Waals surface area contributed by atoms with E-state index in [1.165, 1.54) is 6.34 Å². The molecule has 4 rings (SSSR count). The number of likely N-dealkylation sites (N-methyl/N-ethyl adjacent to an activating group) is 1. The molecule has 1 aliphatic carbocycles. The van der Waals surface area contributed by atoms with E-state index in [1.54, 1.807) is 13.1 Å². The van der Waals surface area contributed by atoms with Gasteiger partial charge in [0.15, 0.2) is 12.1 Å². The van der Waals surface area contributed by atoms with Crippen LogP contribution in [-0.4, -0.2) is 67.7 Å². The number of piperazine rings is 1. The van der Waals surface area contributed by atoms with Crippen LogP contribution in [0.3, 0.4) is 0 Å². The number of nitriles is 1. The summed E-state index contributed by atoms with van der Waals surface area (Å²) in [5.74, 6) is -1.37. The van der Waals surface area contributed by atoms with Crippen molar-refractivity contribution in [1.29, 1.82) is 5.26 Å². The molecule has 10 heteroatoms. The van der Waals surface area contributed by atoms with Crippen LogP contribution in [0.4, 0.5) is 20.3 Å². The van der Waals surface area contributed by atoms with Gasteiger partial charge in [-0.2, -0.15) is 5.26 Å². The van der Waals surface area contributed by atoms with Gasteiger partial charge < -0.3 is 19.9 Å². The molecule has 0 spiro atoms. The molecule has 40 heavy (non-hydrogen) atoms. The highest BCUT2D eigenvalue weighted by Gasteiger charge is 2.37. The lowest BCUT2D eigenvalue weighted by atomic mass is 9.84. The normalized spacial score (nSPS) is 26.0. The van der Waals surface area contributed by atoms with Crippen molar-refractivity contribution in [3.63, 3.8) is 0 Å². The molecule has 0 amide bonds. The molecule has 0 saturated carbocycles. The molecule has 0 aromatic carbocycles. The minimum atomic E-state index is -1.60. The molecule has 2 aliphatic heterocycles. The molecule has 3 heterocycles. The second-order valence-corrected chi connectivity index (χ2v) is 10.6. The predicted molar refractivity (Wildman–Crippen MR) is 156 cm³/mol. The summed E-state index contributed by atoms with van der Waals surface area (Å²) in [5, 5.41) is 13.0. The van der Waals surface area contributed by atoms with Crippen LogP contribution in [0.25, 0.3) is 0 Å². The summed E-state index contributed by atoms with van der Waals surface area (Å²) >= 11 is 0. The molecule has 1 saturated heterocycles. The highest BCUT2D eigenvalue weighted by atomic mass is 19.1. The van der Waals surface area contributed by atoms with Gasteiger partial charge in [0.05, 0.1) is 18.0 Å². The zero-order valence-corrected chi connectivity index (χ0v) is 23.9. The van der Waals surface area contributed by atoms with Crippen molar-refractivity contribution in [3.05, 3.63) is 53.2 Å². The maximum Gasteiger partial charge on any atom is 0.213 e. The monoisotopic (exact) mass is 551 g/mol. The highest BCUT2D eigenvalue weighted by Crippen LogP contribution is 2.37. The number of nitrogens with one attached hydrogen (secondary N) is 1. The molecule has 1 N–H and O–H groups in total. The number of ether oxygens (including phenoxy) is 1. The third-order valence-electron chi connectivity index (χ3n) is 8.06. The summed E-state index contributed by atoms with van der Waals surface area (Å²) in [5.41, 5.74) is 2.38. The van der Waals surface area contributed by atoms with Crippen molar-refractivity contribution < 1.29 is 13.5 Å². The zero-order chi connectivity index (χ0) is 28.8. The van der Waals surface area contributed by atoms with E-state index in [0.29, 0.717) is 17.3 Å². The second kappa shape index (κ2) is 13.2. The second-order valence-electron chi connectivity index (χ2n) is 10.6. The van der Waals surface area contributed by atoms with Crippen molar-refractivity contribution in [2.75, 3.05) is 43.4 Å². The van der Waals surface area contributed by atoms with E-state index in [1.807, 2.05) is 25.1 Å². The summed E-state index contributed by atoms with van der Waals surface area (Å²) in [7, 11) is 2.11. The largest absolute Gasteiger partial charge is 0.468 e. The minimum absolute atomic E-state index is 0.181. The van der Waals surface area contributed by atoms with Crippen molar-refractivity contribution in [3.8, 4) is 6.07 Å². The predicted octanol–water partition coefficient (Wildman–Crippen LogP) is 5.65. The number of hydrogen-bond acceptors (Lipinski definition) is 8. The SMILES string of the molecule is CCC(CC)/C(C)=C\C1C(C)=C(F)C=C(OC2N=CN=C(Nc3ccc(N4CCN(C)CC4)cn3)C2C#N)C1F. The molecule has 0 radical (unpaired) electrons. The van der Waals surface area contributed by atoms with Crippen molar-refractivity contribution >= 4 is 23.7 Å². The molecule has 0 bridgehead atoms. The molecule has 3 aliphatic rings. The van der Waals surface area contributed by atoms with Gasteiger partial charge in [0.1, 0.15) is 29.6 Å². The Bertz CT molecular complexity index is 1240. The van der Waals surface area contributed by atoms with Crippen LogP contribution in [0.15, 0.2) is 63.2 Å². The summed E-state index contributed by atoms with van der Waals surface area (Å²) in [6, 6.07) is 5.95. The summed E-state index contributed by atoms with van der Waals surface area (Å²) < 4.78 is 36.6. The lowest BCUT2D eigenvalue weighted by Crippen LogP contribution is -2.44. The van der Waals surface area contributed by atoms with Crippen molar-refractivity contribution in [2.45, 2.75) is 52.9 Å². The van der Waals surface area contributed by atoms with E-state index in [2.05, 4.69) is 57.0 Å². The summed E-state index contributed by atoms with van der Waals surface area (Å²) in [6.07, 6.45) is 5.10. The number of pyridine rings is 1. The zero-order valence-electron chi connectivity index (χ0n) is 23.9. The third kappa shape index (κ3) is 6.58. The van der Waals surface area contributed by atoms with Crippen LogP contribution in [-0.2, 0) is 4.74 Å². The fourth-order valence-electron chi connectivity index (χ4n) is 5.31. The van der Waals surface area contributed by atoms with Crippen LogP contribution in [0.2, 0.25) is 0 Å². The Morgan fingerprint density at radius 2 is 1.98 bits per heavy atom. The summed E-state index contributed by atoms with van der Waals surface area (Å²) in [6.45, 7) is 11.6. The number of alkyl halides is 1. The van der Waals surface area contributed by atoms with Gasteiger partial charge in [0.25, 0.3) is 0 Å². The Labute approximate surface area is 235 Å². The first-order valence-electron chi connectivity index (χ1n) is 14.0. The Morgan fingerprint density at radius 1 is 1.25 bits per heavy atom. The Kier molecular flexibility index (Phi) is 9.69. The fraction of sp³-hybridized carbons (Fsp3) is 0.533. The maximum atomic E-state index is 15.8. The molecule has 8 nitrogen and oxygen atoms in total. The molecule has 1 fully saturated rings. The summed E-state index contributed by atoms with van der Waals surface area (Å²) in [4.78, 5) is 17.5. The quantitative estimate of drug-likeness (QED) is 0.420. The Balaban J connectivity index is 1.46. The first-order chi connectivity index (χ1) is 19.2. The third-order valence-corrected chi connectivity index (χ3v) is 8.06. The van der Waals surface area contributed by atoms with Gasteiger partial charge in [-0.05, 0) is 57.4 Å². The molecular weight excluding hydrogens is 512 g/mol. The molecule has 4 atom stereocenters. The average molecular weight is 552 g/mol. The van der Waals surface area contributed by atoms with Gasteiger partial charge in [-0.1, -0.05) is 25.5 Å². The van der Waals surface area contributed by atoms with E-state index < -0.39 is 30.1 Å². The van der Waals surface area contributed by atoms with Crippen LogP contribution < -0.4 is 10.2 Å². The standard InChI is InChI=1S/C30H39F2N7O/c1-6-21(7-2)19(3)14-23-20(4)25(31)15-26(28(23)32)40-30-24(16-33)29(35-18-36-30)37-27-9-8-22(17-34-27)39-12-10-38(5)11-13-39/h8-9,14-15,17-18,21,23-24,28,30H,6-7,10-13H2,1-5H3,(H,34,35,36,37)/b19-14-. The van der Waals surface area contributed by atoms with Gasteiger partial charge in [-0.15, -0.1) is 0 Å². The number of rotatable bonds is 8. The number of amidine groups is 1. The van der Waals surface area contributed by atoms with E-state index in [9.17, 15) is 9.65 Å². The lowest BCUT2D eigenvalue weighted by molar-refractivity contribution is 0.0667. The van der Waals surface area contributed by atoms with Gasteiger partial charge in [-0.3, -0.25) is 0 Å². The number of aromatic nitrogens is 1.